The molecule has 4 heteroatoms. The zero-order valence-electron chi connectivity index (χ0n) is 6.05. The molecule has 0 aliphatic carbocycles. The molecular formula is C8H6BrFO2. The number of aromatic carboxylic acids is 1. The standard InChI is InChI=1S/C8H6BrFO2/c9-7-5(4-10)2-1-3-6(7)8(11)12/h1-3H,4H2,(H,11,12). The SMILES string of the molecule is O=C(O)c1cccc(CF)c1Br. The Morgan fingerprint density at radius 2 is 2.25 bits per heavy atom. The lowest BCUT2D eigenvalue weighted by molar-refractivity contribution is 0.0695. The number of hydrogen-bond donors (Lipinski definition) is 1. The first-order chi connectivity index (χ1) is 5.66. The normalized spacial score (nSPS) is 9.83. The summed E-state index contributed by atoms with van der Waals surface area (Å²) in [5, 5.41) is 8.63. The van der Waals surface area contributed by atoms with Gasteiger partial charge < -0.3 is 5.11 Å². The Balaban J connectivity index is 3.23. The summed E-state index contributed by atoms with van der Waals surface area (Å²) in [4.78, 5) is 10.5. The lowest BCUT2D eigenvalue weighted by atomic mass is 10.1. The van der Waals surface area contributed by atoms with E-state index in [2.05, 4.69) is 15.9 Å². The largest absolute Gasteiger partial charge is 0.478 e. The highest BCUT2D eigenvalue weighted by Crippen LogP contribution is 2.22. The van der Waals surface area contributed by atoms with Gasteiger partial charge in [0.25, 0.3) is 0 Å². The first-order valence-corrected chi connectivity index (χ1v) is 4.02. The zero-order valence-corrected chi connectivity index (χ0v) is 7.64. The van der Waals surface area contributed by atoms with Gasteiger partial charge in [-0.1, -0.05) is 12.1 Å². The van der Waals surface area contributed by atoms with E-state index in [1.165, 1.54) is 18.2 Å². The molecule has 0 bridgehead atoms. The Kier molecular flexibility index (Phi) is 2.81. The van der Waals surface area contributed by atoms with Crippen LogP contribution in [0.1, 0.15) is 15.9 Å². The molecule has 1 rings (SSSR count). The van der Waals surface area contributed by atoms with Gasteiger partial charge in [0.1, 0.15) is 6.67 Å². The lowest BCUT2D eigenvalue weighted by Gasteiger charge is -2.02. The molecule has 0 atom stereocenters. The molecule has 0 saturated heterocycles. The van der Waals surface area contributed by atoms with Crippen molar-refractivity contribution in [3.8, 4) is 0 Å². The van der Waals surface area contributed by atoms with Crippen molar-refractivity contribution in [3.05, 3.63) is 33.8 Å². The first-order valence-electron chi connectivity index (χ1n) is 3.23. The third-order valence-electron chi connectivity index (χ3n) is 1.45. The summed E-state index contributed by atoms with van der Waals surface area (Å²) >= 11 is 3.02. The van der Waals surface area contributed by atoms with Gasteiger partial charge in [-0.2, -0.15) is 0 Å². The van der Waals surface area contributed by atoms with E-state index in [1.807, 2.05) is 0 Å². The van der Waals surface area contributed by atoms with Gasteiger partial charge in [0.2, 0.25) is 0 Å². The maximum atomic E-state index is 12.2. The first kappa shape index (κ1) is 9.19. The fourth-order valence-electron chi connectivity index (χ4n) is 0.848. The minimum absolute atomic E-state index is 0.0881. The van der Waals surface area contributed by atoms with Gasteiger partial charge in [-0.3, -0.25) is 0 Å². The van der Waals surface area contributed by atoms with E-state index in [0.29, 0.717) is 10.0 Å². The van der Waals surface area contributed by atoms with Crippen LogP contribution < -0.4 is 0 Å². The number of alkyl halides is 1. The van der Waals surface area contributed by atoms with E-state index in [1.54, 1.807) is 0 Å². The molecule has 0 saturated carbocycles. The molecular weight excluding hydrogens is 227 g/mol. The van der Waals surface area contributed by atoms with Crippen molar-refractivity contribution >= 4 is 21.9 Å². The fraction of sp³-hybridized carbons (Fsp3) is 0.125. The number of carboxylic acid groups (broad SMARTS) is 1. The molecule has 0 aromatic heterocycles. The van der Waals surface area contributed by atoms with Gasteiger partial charge in [0, 0.05) is 4.47 Å². The van der Waals surface area contributed by atoms with Gasteiger partial charge in [-0.25, -0.2) is 9.18 Å². The molecule has 0 aliphatic heterocycles. The van der Waals surface area contributed by atoms with Gasteiger partial charge in [-0.15, -0.1) is 0 Å². The summed E-state index contributed by atoms with van der Waals surface area (Å²) in [5.74, 6) is -1.06. The number of carbonyl (C=O) groups is 1. The molecule has 64 valence electrons. The highest BCUT2D eigenvalue weighted by Gasteiger charge is 2.10. The van der Waals surface area contributed by atoms with E-state index in [0.717, 1.165) is 0 Å². The highest BCUT2D eigenvalue weighted by molar-refractivity contribution is 9.10. The number of halogens is 2. The average Bonchev–Trinajstić information content (AvgIpc) is 2.04. The molecule has 0 amide bonds. The second kappa shape index (κ2) is 3.67. The molecule has 0 heterocycles. The molecule has 1 N–H and O–H groups in total. The van der Waals surface area contributed by atoms with Crippen molar-refractivity contribution in [1.82, 2.24) is 0 Å². The van der Waals surface area contributed by atoms with E-state index in [4.69, 9.17) is 5.11 Å². The second-order valence-corrected chi connectivity index (χ2v) is 3.01. The quantitative estimate of drug-likeness (QED) is 0.852. The van der Waals surface area contributed by atoms with Crippen molar-refractivity contribution in [1.29, 1.82) is 0 Å². The number of benzene rings is 1. The van der Waals surface area contributed by atoms with Crippen molar-refractivity contribution < 1.29 is 14.3 Å². The maximum Gasteiger partial charge on any atom is 0.336 e. The van der Waals surface area contributed by atoms with Crippen LogP contribution in [0.3, 0.4) is 0 Å². The minimum Gasteiger partial charge on any atom is -0.478 e. The van der Waals surface area contributed by atoms with E-state index in [-0.39, 0.29) is 5.56 Å². The monoisotopic (exact) mass is 232 g/mol. The summed E-state index contributed by atoms with van der Waals surface area (Å²) in [7, 11) is 0. The maximum absolute atomic E-state index is 12.2. The van der Waals surface area contributed by atoms with Crippen molar-refractivity contribution in [3.63, 3.8) is 0 Å². The number of carboxylic acids is 1. The molecule has 0 radical (unpaired) electrons. The predicted molar refractivity (Wildman–Crippen MR) is 45.9 cm³/mol. The zero-order chi connectivity index (χ0) is 9.14. The van der Waals surface area contributed by atoms with E-state index >= 15 is 0 Å². The van der Waals surface area contributed by atoms with Crippen molar-refractivity contribution in [2.45, 2.75) is 6.67 Å². The van der Waals surface area contributed by atoms with Crippen LogP contribution in [0.4, 0.5) is 4.39 Å². The van der Waals surface area contributed by atoms with E-state index in [9.17, 15) is 9.18 Å². The number of hydrogen-bond acceptors (Lipinski definition) is 1. The van der Waals surface area contributed by atoms with Crippen LogP contribution in [-0.2, 0) is 6.67 Å². The summed E-state index contributed by atoms with van der Waals surface area (Å²) in [5.41, 5.74) is 0.444. The lowest BCUT2D eigenvalue weighted by Crippen LogP contribution is -1.99. The summed E-state index contributed by atoms with van der Waals surface area (Å²) < 4.78 is 12.5. The van der Waals surface area contributed by atoms with Crippen LogP contribution in [-0.4, -0.2) is 11.1 Å². The Hall–Kier alpha value is -0.900. The van der Waals surface area contributed by atoms with Crippen LogP contribution in [0, 0.1) is 0 Å². The third kappa shape index (κ3) is 1.64. The summed E-state index contributed by atoms with van der Waals surface area (Å²) in [6, 6.07) is 4.48. The summed E-state index contributed by atoms with van der Waals surface area (Å²) in [6.45, 7) is -0.665. The second-order valence-electron chi connectivity index (χ2n) is 2.22. The van der Waals surface area contributed by atoms with Gasteiger partial charge in [0.15, 0.2) is 0 Å². The molecule has 12 heavy (non-hydrogen) atoms. The summed E-state index contributed by atoms with van der Waals surface area (Å²) in [6.07, 6.45) is 0. The van der Waals surface area contributed by atoms with E-state index < -0.39 is 12.6 Å². The van der Waals surface area contributed by atoms with Gasteiger partial charge in [-0.05, 0) is 27.6 Å². The number of rotatable bonds is 2. The molecule has 1 aromatic rings. The molecule has 1 aromatic carbocycles. The van der Waals surface area contributed by atoms with Crippen molar-refractivity contribution in [2.24, 2.45) is 0 Å². The average molecular weight is 233 g/mol. The molecule has 0 aliphatic rings. The van der Waals surface area contributed by atoms with Crippen LogP contribution in [0.25, 0.3) is 0 Å². The highest BCUT2D eigenvalue weighted by atomic mass is 79.9. The molecule has 0 spiro atoms. The predicted octanol–water partition coefficient (Wildman–Crippen LogP) is 2.62. The Morgan fingerprint density at radius 3 is 2.75 bits per heavy atom. The Bertz CT molecular complexity index is 312. The minimum atomic E-state index is -1.06. The molecule has 0 unspecified atom stereocenters. The van der Waals surface area contributed by atoms with Gasteiger partial charge in [0.05, 0.1) is 5.56 Å². The van der Waals surface area contributed by atoms with Gasteiger partial charge >= 0.3 is 5.97 Å². The fourth-order valence-corrected chi connectivity index (χ4v) is 1.39. The molecule has 2 nitrogen and oxygen atoms in total. The Labute approximate surface area is 77.2 Å². The van der Waals surface area contributed by atoms with Crippen molar-refractivity contribution in [2.75, 3.05) is 0 Å². The third-order valence-corrected chi connectivity index (χ3v) is 2.39. The topological polar surface area (TPSA) is 37.3 Å². The van der Waals surface area contributed by atoms with Crippen LogP contribution in [0.5, 0.6) is 0 Å². The van der Waals surface area contributed by atoms with Crippen LogP contribution >= 0.6 is 15.9 Å². The Morgan fingerprint density at radius 1 is 1.58 bits per heavy atom. The van der Waals surface area contributed by atoms with Crippen LogP contribution in [0.15, 0.2) is 22.7 Å². The smallest absolute Gasteiger partial charge is 0.336 e. The van der Waals surface area contributed by atoms with Crippen LogP contribution in [0.2, 0.25) is 0 Å². The molecule has 0 fully saturated rings.